The first kappa shape index (κ1) is 22.4. The van der Waals surface area contributed by atoms with Crippen molar-refractivity contribution in [3.63, 3.8) is 0 Å². The van der Waals surface area contributed by atoms with Gasteiger partial charge in [-0.05, 0) is 42.8 Å². The molecule has 0 atom stereocenters. The van der Waals surface area contributed by atoms with Gasteiger partial charge >= 0.3 is 6.03 Å². The van der Waals surface area contributed by atoms with Gasteiger partial charge in [0.2, 0.25) is 0 Å². The molecular weight excluding hydrogens is 437 g/mol. The lowest BCUT2D eigenvalue weighted by molar-refractivity contribution is 0.102. The zero-order valence-electron chi connectivity index (χ0n) is 16.8. The summed E-state index contributed by atoms with van der Waals surface area (Å²) in [4.78, 5) is 24.5. The number of nitrogens with one attached hydrogen (secondary N) is 3. The maximum absolute atomic E-state index is 12.8. The van der Waals surface area contributed by atoms with Crippen molar-refractivity contribution in [1.82, 2.24) is 15.1 Å². The number of hydrogen-bond donors (Lipinski definition) is 3. The van der Waals surface area contributed by atoms with Crippen LogP contribution in [0.5, 0.6) is 0 Å². The molecule has 2 aromatic carbocycles. The number of aryl methyl sites for hydroxylation is 1. The zero-order chi connectivity index (χ0) is 22.4. The summed E-state index contributed by atoms with van der Waals surface area (Å²) in [6, 6.07) is 13.8. The Kier molecular flexibility index (Phi) is 7.33. The van der Waals surface area contributed by atoms with Crippen LogP contribution in [0.25, 0.3) is 0 Å². The summed E-state index contributed by atoms with van der Waals surface area (Å²) in [7, 11) is 0. The first-order chi connectivity index (χ1) is 14.9. The van der Waals surface area contributed by atoms with Crippen LogP contribution in [0.4, 0.5) is 16.2 Å². The van der Waals surface area contributed by atoms with Gasteiger partial charge in [-0.2, -0.15) is 5.10 Å². The quantitative estimate of drug-likeness (QED) is 0.430. The number of carbonyl (C=O) groups is 2. The molecule has 0 unspecified atom stereocenters. The van der Waals surface area contributed by atoms with E-state index < -0.39 is 0 Å². The Balaban J connectivity index is 1.69. The maximum Gasteiger partial charge on any atom is 0.319 e. The Morgan fingerprint density at radius 3 is 2.35 bits per heavy atom. The molecule has 9 heteroatoms. The highest BCUT2D eigenvalue weighted by atomic mass is 35.5. The van der Waals surface area contributed by atoms with Crippen molar-refractivity contribution in [2.75, 3.05) is 17.2 Å². The van der Waals surface area contributed by atoms with Crippen molar-refractivity contribution >= 4 is 46.5 Å². The number of hydrogen-bond acceptors (Lipinski definition) is 3. The molecule has 0 bridgehead atoms. The van der Waals surface area contributed by atoms with Gasteiger partial charge in [-0.1, -0.05) is 47.5 Å². The van der Waals surface area contributed by atoms with Crippen LogP contribution < -0.4 is 16.0 Å². The molecule has 0 saturated heterocycles. The third kappa shape index (κ3) is 5.65. The van der Waals surface area contributed by atoms with Crippen LogP contribution in [0.2, 0.25) is 10.2 Å². The van der Waals surface area contributed by atoms with Gasteiger partial charge in [-0.25, -0.2) is 9.48 Å². The molecule has 3 amide bonds. The van der Waals surface area contributed by atoms with Crippen molar-refractivity contribution in [3.8, 4) is 0 Å². The number of benzene rings is 2. The Labute approximate surface area is 190 Å². The highest BCUT2D eigenvalue weighted by molar-refractivity contribution is 6.34. The molecule has 31 heavy (non-hydrogen) atoms. The lowest BCUT2D eigenvalue weighted by Gasteiger charge is -2.09. The summed E-state index contributed by atoms with van der Waals surface area (Å²) in [5.41, 5.74) is 2.78. The lowest BCUT2D eigenvalue weighted by atomic mass is 10.2. The van der Waals surface area contributed by atoms with Crippen LogP contribution in [0.15, 0.2) is 61.2 Å². The monoisotopic (exact) mass is 457 g/mol. The summed E-state index contributed by atoms with van der Waals surface area (Å²) in [6.45, 7) is 5.97. The van der Waals surface area contributed by atoms with Crippen molar-refractivity contribution in [3.05, 3.63) is 88.2 Å². The molecular formula is C22H21Cl2N5O2. The molecule has 0 aliphatic rings. The van der Waals surface area contributed by atoms with Gasteiger partial charge in [0.1, 0.15) is 5.15 Å². The summed E-state index contributed by atoms with van der Waals surface area (Å²) >= 11 is 12.7. The Morgan fingerprint density at radius 2 is 1.71 bits per heavy atom. The highest BCUT2D eigenvalue weighted by Gasteiger charge is 2.21. The smallest absolute Gasteiger partial charge is 0.319 e. The second kappa shape index (κ2) is 10.1. The SMILES string of the molecule is C=CCNC(=O)Nc1ccc(NC(=O)c2c(C)nn(Cc3ccccc3Cl)c2Cl)cc1. The molecule has 1 heterocycles. The van der Waals surface area contributed by atoms with Crippen LogP contribution >= 0.6 is 23.2 Å². The highest BCUT2D eigenvalue weighted by Crippen LogP contribution is 2.24. The van der Waals surface area contributed by atoms with E-state index in [2.05, 4.69) is 27.6 Å². The first-order valence-corrected chi connectivity index (χ1v) is 10.2. The minimum absolute atomic E-state index is 0.229. The van der Waals surface area contributed by atoms with Crippen molar-refractivity contribution in [2.45, 2.75) is 13.5 Å². The van der Waals surface area contributed by atoms with E-state index in [1.54, 1.807) is 48.0 Å². The molecule has 0 aliphatic carbocycles. The van der Waals surface area contributed by atoms with Gasteiger partial charge in [0, 0.05) is 22.9 Å². The van der Waals surface area contributed by atoms with E-state index in [4.69, 9.17) is 23.2 Å². The van der Waals surface area contributed by atoms with Crippen LogP contribution in [0.1, 0.15) is 21.6 Å². The van der Waals surface area contributed by atoms with E-state index in [0.29, 0.717) is 40.7 Å². The minimum atomic E-state index is -0.377. The number of carbonyl (C=O) groups excluding carboxylic acids is 2. The molecule has 0 saturated carbocycles. The average Bonchev–Trinajstić information content (AvgIpc) is 3.02. The first-order valence-electron chi connectivity index (χ1n) is 9.42. The van der Waals surface area contributed by atoms with E-state index in [-0.39, 0.29) is 17.1 Å². The van der Waals surface area contributed by atoms with Crippen LogP contribution in [-0.2, 0) is 6.54 Å². The van der Waals surface area contributed by atoms with Crippen LogP contribution in [0, 0.1) is 6.92 Å². The fraction of sp³-hybridized carbons (Fsp3) is 0.136. The zero-order valence-corrected chi connectivity index (χ0v) is 18.3. The van der Waals surface area contributed by atoms with E-state index >= 15 is 0 Å². The van der Waals surface area contributed by atoms with E-state index in [1.165, 1.54) is 0 Å². The third-order valence-electron chi connectivity index (χ3n) is 4.38. The summed E-state index contributed by atoms with van der Waals surface area (Å²) in [5, 5.41) is 13.3. The fourth-order valence-electron chi connectivity index (χ4n) is 2.87. The second-order valence-electron chi connectivity index (χ2n) is 6.66. The molecule has 0 fully saturated rings. The molecule has 0 spiro atoms. The number of nitrogens with zero attached hydrogens (tertiary/aromatic N) is 2. The van der Waals surface area contributed by atoms with Gasteiger partial charge in [0.15, 0.2) is 0 Å². The van der Waals surface area contributed by atoms with E-state index in [1.807, 2.05) is 18.2 Å². The molecule has 0 aliphatic heterocycles. The molecule has 1 aromatic heterocycles. The number of anilines is 2. The summed E-state index contributed by atoms with van der Waals surface area (Å²) in [5.74, 6) is -0.377. The fourth-order valence-corrected chi connectivity index (χ4v) is 3.39. The van der Waals surface area contributed by atoms with E-state index in [9.17, 15) is 9.59 Å². The van der Waals surface area contributed by atoms with Crippen molar-refractivity contribution in [2.24, 2.45) is 0 Å². The molecule has 160 valence electrons. The van der Waals surface area contributed by atoms with Gasteiger partial charge in [0.05, 0.1) is 17.8 Å². The maximum atomic E-state index is 12.8. The molecule has 7 nitrogen and oxygen atoms in total. The van der Waals surface area contributed by atoms with Gasteiger partial charge < -0.3 is 16.0 Å². The van der Waals surface area contributed by atoms with Crippen LogP contribution in [0.3, 0.4) is 0 Å². The number of amides is 3. The molecule has 3 N–H and O–H groups in total. The number of urea groups is 1. The van der Waals surface area contributed by atoms with Gasteiger partial charge in [-0.3, -0.25) is 4.79 Å². The normalized spacial score (nSPS) is 10.4. The van der Waals surface area contributed by atoms with E-state index in [0.717, 1.165) is 5.56 Å². The predicted octanol–water partition coefficient (Wildman–Crippen LogP) is 5.11. The van der Waals surface area contributed by atoms with Gasteiger partial charge in [0.25, 0.3) is 5.91 Å². The standard InChI is InChI=1S/C22H21Cl2N5O2/c1-3-12-25-22(31)27-17-10-8-16(9-11-17)26-21(30)19-14(2)28-29(20(19)24)13-15-6-4-5-7-18(15)23/h3-11H,1,12-13H2,2H3,(H,26,30)(H2,25,27,31). The van der Waals surface area contributed by atoms with Crippen LogP contribution in [-0.4, -0.2) is 28.3 Å². The minimum Gasteiger partial charge on any atom is -0.334 e. The largest absolute Gasteiger partial charge is 0.334 e. The summed E-state index contributed by atoms with van der Waals surface area (Å²) in [6.07, 6.45) is 1.59. The molecule has 3 rings (SSSR count). The third-order valence-corrected chi connectivity index (χ3v) is 5.13. The molecule has 0 radical (unpaired) electrons. The average molecular weight is 458 g/mol. The Bertz CT molecular complexity index is 1110. The van der Waals surface area contributed by atoms with Crippen molar-refractivity contribution in [1.29, 1.82) is 0 Å². The second-order valence-corrected chi connectivity index (χ2v) is 7.42. The molecule has 3 aromatic rings. The van der Waals surface area contributed by atoms with Crippen molar-refractivity contribution < 1.29 is 9.59 Å². The Morgan fingerprint density at radius 1 is 1.06 bits per heavy atom. The predicted molar refractivity (Wildman–Crippen MR) is 124 cm³/mol. The lowest BCUT2D eigenvalue weighted by Crippen LogP contribution is -2.28. The topological polar surface area (TPSA) is 88.1 Å². The summed E-state index contributed by atoms with van der Waals surface area (Å²) < 4.78 is 1.54. The van der Waals surface area contributed by atoms with Gasteiger partial charge in [-0.15, -0.1) is 6.58 Å². The number of rotatable bonds is 7. The number of aromatic nitrogens is 2. The number of halogens is 2. The Hall–Kier alpha value is -3.29.